The van der Waals surface area contributed by atoms with Gasteiger partial charge in [-0.2, -0.15) is 27.0 Å². The van der Waals surface area contributed by atoms with Gasteiger partial charge in [-0.1, -0.05) is 15.9 Å². The minimum Gasteiger partial charge on any atom is -0.377 e. The first-order valence-corrected chi connectivity index (χ1v) is 14.3. The highest BCUT2D eigenvalue weighted by atomic mass is 79.9. The van der Waals surface area contributed by atoms with E-state index in [9.17, 15) is 25.0 Å². The highest BCUT2D eigenvalue weighted by Crippen LogP contribution is 2.31. The largest absolute Gasteiger partial charge is 0.377 e. The minimum atomic E-state index is -0.413. The van der Waals surface area contributed by atoms with Gasteiger partial charge in [-0.05, 0) is 76.1 Å². The molecule has 3 aromatic rings. The molecule has 0 saturated heterocycles. The van der Waals surface area contributed by atoms with Gasteiger partial charge >= 0.3 is 0 Å². The smallest absolute Gasteiger partial charge is 0.292 e. The molecule has 0 fully saturated rings. The highest BCUT2D eigenvalue weighted by Gasteiger charge is 2.17. The summed E-state index contributed by atoms with van der Waals surface area (Å²) in [6.07, 6.45) is 1.68. The molecular weight excluding hydrogens is 674 g/mol. The van der Waals surface area contributed by atoms with Crippen LogP contribution >= 0.6 is 42.9 Å². The number of nitro benzene ring substituents is 2. The first-order chi connectivity index (χ1) is 19.9. The van der Waals surface area contributed by atoms with Gasteiger partial charge in [-0.3, -0.25) is 25.0 Å². The second-order valence-corrected chi connectivity index (χ2v) is 10.4. The predicted octanol–water partition coefficient (Wildman–Crippen LogP) is 6.53. The molecule has 1 heterocycles. The average molecular weight is 717 g/mol. The summed E-state index contributed by atoms with van der Waals surface area (Å²) in [5.74, 6) is 0. The first kappa shape index (κ1) is 40.9. The van der Waals surface area contributed by atoms with Gasteiger partial charge in [-0.25, -0.2) is 0 Å². The van der Waals surface area contributed by atoms with Crippen LogP contribution in [0.25, 0.3) is 11.1 Å². The number of nitrogens with zero attached hydrogens (tertiary/aromatic N) is 3. The standard InChI is InChI=1S/C18H23N3O4.C11H15BrN2O3.2H2S/c1-5-25-13(3)10-19-16-9-14(6-7-17(16)21(23)24)15-8-12(2)18(22)20(4)11-15;1-3-17-8(2)7-13-10-6-9(12)4-5-11(10)14(15)16;;/h6-9,11,13,19H,5,10H2,1-4H3;4-6,8,13H,3,7H2,1-2H3;2*1H2/t13-;8-;;/m00../s1. The summed E-state index contributed by atoms with van der Waals surface area (Å²) in [6.45, 7) is 11.6. The van der Waals surface area contributed by atoms with E-state index >= 15 is 0 Å². The summed E-state index contributed by atoms with van der Waals surface area (Å²) in [6, 6.07) is 11.5. The van der Waals surface area contributed by atoms with Gasteiger partial charge in [0.1, 0.15) is 11.4 Å². The lowest BCUT2D eigenvalue weighted by atomic mass is 10.0. The van der Waals surface area contributed by atoms with Gasteiger partial charge < -0.3 is 24.7 Å². The van der Waals surface area contributed by atoms with Crippen molar-refractivity contribution in [1.29, 1.82) is 0 Å². The Bertz CT molecular complexity index is 1420. The molecule has 0 amide bonds. The fourth-order valence-electron chi connectivity index (χ4n) is 4.06. The number of rotatable bonds is 13. The van der Waals surface area contributed by atoms with E-state index in [0.29, 0.717) is 43.2 Å². The second kappa shape index (κ2) is 20.0. The van der Waals surface area contributed by atoms with Crippen LogP contribution < -0.4 is 16.2 Å². The van der Waals surface area contributed by atoms with Gasteiger partial charge in [0, 0.05) is 61.7 Å². The molecular formula is C29H42BrN5O7S2. The molecule has 1 aromatic heterocycles. The third-order valence-electron chi connectivity index (χ3n) is 6.11. The first-order valence-electron chi connectivity index (χ1n) is 13.5. The molecule has 0 bridgehead atoms. The van der Waals surface area contributed by atoms with E-state index in [1.54, 1.807) is 50.5 Å². The van der Waals surface area contributed by atoms with E-state index < -0.39 is 9.85 Å². The van der Waals surface area contributed by atoms with Crippen LogP contribution in [0.2, 0.25) is 0 Å². The summed E-state index contributed by atoms with van der Waals surface area (Å²) in [5.41, 5.74) is 3.20. The predicted molar refractivity (Wildman–Crippen MR) is 189 cm³/mol. The molecule has 0 aliphatic rings. The van der Waals surface area contributed by atoms with E-state index in [1.165, 1.54) is 16.7 Å². The topological polar surface area (TPSA) is 151 Å². The van der Waals surface area contributed by atoms with Gasteiger partial charge in [0.05, 0.1) is 22.1 Å². The van der Waals surface area contributed by atoms with E-state index in [-0.39, 0.29) is 56.1 Å². The summed E-state index contributed by atoms with van der Waals surface area (Å²) in [7, 11) is 1.69. The summed E-state index contributed by atoms with van der Waals surface area (Å²) >= 11 is 3.29. The Kier molecular flexibility index (Phi) is 18.6. The molecule has 2 atom stereocenters. The lowest BCUT2D eigenvalue weighted by molar-refractivity contribution is -0.384. The minimum absolute atomic E-state index is 0. The van der Waals surface area contributed by atoms with Crippen molar-refractivity contribution in [2.75, 3.05) is 36.9 Å². The molecule has 0 spiro atoms. The van der Waals surface area contributed by atoms with Crippen LogP contribution in [0.3, 0.4) is 0 Å². The van der Waals surface area contributed by atoms with Crippen molar-refractivity contribution in [3.8, 4) is 11.1 Å². The number of aryl methyl sites for hydroxylation is 2. The Labute approximate surface area is 279 Å². The zero-order chi connectivity index (χ0) is 31.4. The molecule has 12 nitrogen and oxygen atoms in total. The van der Waals surface area contributed by atoms with Crippen molar-refractivity contribution in [2.24, 2.45) is 7.05 Å². The Morgan fingerprint density at radius 1 is 0.841 bits per heavy atom. The SMILES string of the molecule is CCO[C@@H](C)CNc1cc(-c2cc(C)c(=O)n(C)c2)ccc1[N+](=O)[O-].CCO[C@@H](C)CNc1cc(Br)ccc1[N+](=O)[O-].S.S. The van der Waals surface area contributed by atoms with Gasteiger partial charge in [0.25, 0.3) is 16.9 Å². The molecule has 15 heteroatoms. The normalized spacial score (nSPS) is 11.5. The zero-order valence-corrected chi connectivity index (χ0v) is 29.3. The Balaban J connectivity index is 0.000000859. The fraction of sp³-hybridized carbons (Fsp3) is 0.414. The maximum atomic E-state index is 11.8. The number of nitrogens with one attached hydrogen (secondary N) is 2. The molecule has 44 heavy (non-hydrogen) atoms. The van der Waals surface area contributed by atoms with Crippen molar-refractivity contribution in [3.05, 3.63) is 89.3 Å². The van der Waals surface area contributed by atoms with Crippen LogP contribution in [-0.2, 0) is 16.5 Å². The summed E-state index contributed by atoms with van der Waals surface area (Å²) < 4.78 is 13.1. The van der Waals surface area contributed by atoms with Crippen LogP contribution in [0.4, 0.5) is 22.7 Å². The van der Waals surface area contributed by atoms with Crippen LogP contribution in [0, 0.1) is 27.2 Å². The number of halogens is 1. The third kappa shape index (κ3) is 12.5. The van der Waals surface area contributed by atoms with Gasteiger partial charge in [0.2, 0.25) is 0 Å². The third-order valence-corrected chi connectivity index (χ3v) is 6.60. The number of nitro groups is 2. The number of hydrogen-bond donors (Lipinski definition) is 2. The highest BCUT2D eigenvalue weighted by molar-refractivity contribution is 9.10. The molecule has 0 saturated carbocycles. The number of pyridine rings is 1. The Morgan fingerprint density at radius 3 is 1.77 bits per heavy atom. The summed E-state index contributed by atoms with van der Waals surface area (Å²) in [4.78, 5) is 33.1. The average Bonchev–Trinajstić information content (AvgIpc) is 2.93. The monoisotopic (exact) mass is 715 g/mol. The fourth-order valence-corrected chi connectivity index (χ4v) is 4.42. The maximum absolute atomic E-state index is 11.8. The van der Waals surface area contributed by atoms with E-state index in [0.717, 1.165) is 15.6 Å². The van der Waals surface area contributed by atoms with Crippen molar-refractivity contribution < 1.29 is 19.3 Å². The van der Waals surface area contributed by atoms with Crippen LogP contribution in [0.5, 0.6) is 0 Å². The zero-order valence-electron chi connectivity index (χ0n) is 25.7. The van der Waals surface area contributed by atoms with Crippen molar-refractivity contribution >= 4 is 65.7 Å². The molecule has 0 aliphatic heterocycles. The second-order valence-electron chi connectivity index (χ2n) is 9.53. The lowest BCUT2D eigenvalue weighted by Crippen LogP contribution is -2.20. The molecule has 0 unspecified atom stereocenters. The van der Waals surface area contributed by atoms with Crippen molar-refractivity contribution in [2.45, 2.75) is 46.8 Å². The van der Waals surface area contributed by atoms with E-state index in [1.807, 2.05) is 27.7 Å². The molecule has 2 N–H and O–H groups in total. The number of anilines is 2. The lowest BCUT2D eigenvalue weighted by Gasteiger charge is -2.15. The Hall–Kier alpha value is -3.11. The number of benzene rings is 2. The Morgan fingerprint density at radius 2 is 1.32 bits per heavy atom. The van der Waals surface area contributed by atoms with E-state index in [4.69, 9.17) is 9.47 Å². The summed E-state index contributed by atoms with van der Waals surface area (Å²) in [5, 5.41) is 28.2. The van der Waals surface area contributed by atoms with Crippen LogP contribution in [0.1, 0.15) is 33.3 Å². The molecule has 2 aromatic carbocycles. The van der Waals surface area contributed by atoms with Crippen molar-refractivity contribution in [3.63, 3.8) is 0 Å². The van der Waals surface area contributed by atoms with Gasteiger partial charge in [0.15, 0.2) is 0 Å². The van der Waals surface area contributed by atoms with Crippen LogP contribution in [-0.4, -0.2) is 52.9 Å². The molecule has 244 valence electrons. The number of ether oxygens (including phenoxy) is 2. The van der Waals surface area contributed by atoms with Crippen molar-refractivity contribution in [1.82, 2.24) is 4.57 Å². The number of hydrogen-bond acceptors (Lipinski definition) is 9. The van der Waals surface area contributed by atoms with Crippen LogP contribution in [0.15, 0.2) is 57.9 Å². The molecule has 3 rings (SSSR count). The molecule has 0 radical (unpaired) electrons. The van der Waals surface area contributed by atoms with E-state index in [2.05, 4.69) is 26.6 Å². The number of aromatic nitrogens is 1. The maximum Gasteiger partial charge on any atom is 0.292 e. The van der Waals surface area contributed by atoms with Gasteiger partial charge in [-0.15, -0.1) is 0 Å². The molecule has 0 aliphatic carbocycles. The quantitative estimate of drug-likeness (QED) is 0.149.